The molecule has 11 heteroatoms. The van der Waals surface area contributed by atoms with E-state index in [1.54, 1.807) is 12.1 Å². The smallest absolute Gasteiger partial charge is 0.366 e. The highest BCUT2D eigenvalue weighted by atomic mass is 19.4. The van der Waals surface area contributed by atoms with Crippen LogP contribution < -0.4 is 16.0 Å². The van der Waals surface area contributed by atoms with Crippen molar-refractivity contribution in [2.45, 2.75) is 38.0 Å². The van der Waals surface area contributed by atoms with Gasteiger partial charge in [-0.25, -0.2) is 9.97 Å². The van der Waals surface area contributed by atoms with Gasteiger partial charge in [-0.3, -0.25) is 9.59 Å². The number of nitrogens with two attached hydrogens (primary N) is 1. The molecule has 3 N–H and O–H groups in total. The number of nitrogens with one attached hydrogen (secondary N) is 1. The van der Waals surface area contributed by atoms with Crippen LogP contribution in [0.3, 0.4) is 0 Å². The van der Waals surface area contributed by atoms with E-state index in [0.717, 1.165) is 23.3 Å². The van der Waals surface area contributed by atoms with Crippen molar-refractivity contribution in [2.24, 2.45) is 5.73 Å². The predicted molar refractivity (Wildman–Crippen MR) is 115 cm³/mol. The zero-order valence-corrected chi connectivity index (χ0v) is 17.7. The van der Waals surface area contributed by atoms with Crippen LogP contribution in [0.15, 0.2) is 42.9 Å². The summed E-state index contributed by atoms with van der Waals surface area (Å²) in [5.41, 5.74) is 5.72. The van der Waals surface area contributed by atoms with Gasteiger partial charge in [0.25, 0.3) is 0 Å². The summed E-state index contributed by atoms with van der Waals surface area (Å²) in [5.74, 6) is -0.342. The second-order valence-corrected chi connectivity index (χ2v) is 8.00. The van der Waals surface area contributed by atoms with Gasteiger partial charge in [-0.05, 0) is 36.4 Å². The van der Waals surface area contributed by atoms with E-state index in [1.807, 2.05) is 27.8 Å². The molecule has 1 aliphatic heterocycles. The number of primary amides is 1. The molecule has 1 aromatic carbocycles. The zero-order chi connectivity index (χ0) is 23.6. The number of amides is 2. The number of hydrogen-bond donors (Lipinski definition) is 2. The van der Waals surface area contributed by atoms with Gasteiger partial charge >= 0.3 is 6.18 Å². The third-order valence-electron chi connectivity index (χ3n) is 5.75. The Morgan fingerprint density at radius 2 is 1.82 bits per heavy atom. The summed E-state index contributed by atoms with van der Waals surface area (Å²) < 4.78 is 39.9. The normalized spacial score (nSPS) is 15.1. The second kappa shape index (κ2) is 9.08. The van der Waals surface area contributed by atoms with Crippen molar-refractivity contribution in [2.75, 3.05) is 18.0 Å². The Morgan fingerprint density at radius 3 is 2.45 bits per heavy atom. The van der Waals surface area contributed by atoms with E-state index < -0.39 is 17.6 Å². The molecule has 1 saturated heterocycles. The third kappa shape index (κ3) is 5.24. The highest BCUT2D eigenvalue weighted by molar-refractivity contribution is 5.97. The summed E-state index contributed by atoms with van der Waals surface area (Å²) >= 11 is 0. The Kier molecular flexibility index (Phi) is 6.21. The van der Waals surface area contributed by atoms with Crippen LogP contribution in [-0.4, -0.2) is 45.5 Å². The van der Waals surface area contributed by atoms with Gasteiger partial charge in [-0.15, -0.1) is 0 Å². The molecule has 0 unspecified atom stereocenters. The number of aromatic nitrogens is 3. The lowest BCUT2D eigenvalue weighted by molar-refractivity contribution is -0.138. The first-order chi connectivity index (χ1) is 15.7. The summed E-state index contributed by atoms with van der Waals surface area (Å²) in [7, 11) is 0. The Hall–Kier alpha value is -3.63. The number of rotatable bonds is 6. The molecule has 0 radical (unpaired) electrons. The van der Waals surface area contributed by atoms with Gasteiger partial charge in [0.1, 0.15) is 0 Å². The minimum Gasteiger partial charge on any atom is -0.366 e. The summed E-state index contributed by atoms with van der Waals surface area (Å²) in [5, 5.41) is 3.97. The predicted octanol–water partition coefficient (Wildman–Crippen LogP) is 2.72. The topological polar surface area (TPSA) is 106 Å². The van der Waals surface area contributed by atoms with Gasteiger partial charge in [0.15, 0.2) is 0 Å². The van der Waals surface area contributed by atoms with E-state index >= 15 is 0 Å². The number of benzene rings is 1. The van der Waals surface area contributed by atoms with E-state index in [-0.39, 0.29) is 24.3 Å². The van der Waals surface area contributed by atoms with Gasteiger partial charge in [0.05, 0.1) is 5.56 Å². The molecule has 174 valence electrons. The van der Waals surface area contributed by atoms with Crippen LogP contribution in [0.25, 0.3) is 10.9 Å². The van der Waals surface area contributed by atoms with Crippen molar-refractivity contribution in [3.63, 3.8) is 0 Å². The first kappa shape index (κ1) is 22.6. The van der Waals surface area contributed by atoms with E-state index in [4.69, 9.17) is 5.73 Å². The van der Waals surface area contributed by atoms with Gasteiger partial charge in [0, 0.05) is 61.8 Å². The van der Waals surface area contributed by atoms with Gasteiger partial charge in [0.2, 0.25) is 17.8 Å². The number of alkyl halides is 3. The van der Waals surface area contributed by atoms with Crippen LogP contribution in [0.4, 0.5) is 19.1 Å². The fraction of sp³-hybridized carbons (Fsp3) is 0.364. The minimum atomic E-state index is -4.47. The van der Waals surface area contributed by atoms with Crippen LogP contribution in [0.2, 0.25) is 0 Å². The number of fused-ring (bicyclic) bond motifs is 1. The fourth-order valence-electron chi connectivity index (χ4n) is 3.91. The minimum absolute atomic E-state index is 0.0222. The lowest BCUT2D eigenvalue weighted by Gasteiger charge is -2.32. The first-order valence-corrected chi connectivity index (χ1v) is 10.5. The number of halogens is 3. The number of nitrogens with zero attached hydrogens (tertiary/aromatic N) is 4. The molecule has 33 heavy (non-hydrogen) atoms. The SMILES string of the molecule is NC(=O)c1ccc2ccn(CCC(=O)NC3CCN(c4ncc(C(F)(F)F)cn4)CC3)c2c1. The molecule has 2 aromatic heterocycles. The summed E-state index contributed by atoms with van der Waals surface area (Å²) in [4.78, 5) is 33.4. The Bertz CT molecular complexity index is 1150. The maximum Gasteiger partial charge on any atom is 0.419 e. The summed E-state index contributed by atoms with van der Waals surface area (Å²) in [6.45, 7) is 1.53. The average Bonchev–Trinajstić information content (AvgIpc) is 3.20. The van der Waals surface area contributed by atoms with Crippen LogP contribution in [-0.2, 0) is 17.5 Å². The van der Waals surface area contributed by atoms with Crippen molar-refractivity contribution < 1.29 is 22.8 Å². The Labute approximate surface area is 187 Å². The molecular formula is C22H23F3N6O2. The van der Waals surface area contributed by atoms with Crippen molar-refractivity contribution in [3.05, 3.63) is 54.0 Å². The molecule has 0 saturated carbocycles. The third-order valence-corrected chi connectivity index (χ3v) is 5.75. The van der Waals surface area contributed by atoms with E-state index in [1.165, 1.54) is 0 Å². The molecule has 0 aliphatic carbocycles. The van der Waals surface area contributed by atoms with Crippen molar-refractivity contribution in [1.29, 1.82) is 0 Å². The second-order valence-electron chi connectivity index (χ2n) is 8.00. The van der Waals surface area contributed by atoms with Crippen molar-refractivity contribution in [1.82, 2.24) is 19.9 Å². The van der Waals surface area contributed by atoms with Crippen molar-refractivity contribution in [3.8, 4) is 0 Å². The Balaban J connectivity index is 1.27. The van der Waals surface area contributed by atoms with E-state index in [9.17, 15) is 22.8 Å². The number of anilines is 1. The van der Waals surface area contributed by atoms with E-state index in [0.29, 0.717) is 38.0 Å². The molecular weight excluding hydrogens is 437 g/mol. The van der Waals surface area contributed by atoms with Gasteiger partial charge < -0.3 is 20.5 Å². The molecule has 8 nitrogen and oxygen atoms in total. The lowest BCUT2D eigenvalue weighted by atomic mass is 10.1. The largest absolute Gasteiger partial charge is 0.419 e. The van der Waals surface area contributed by atoms with Crippen LogP contribution >= 0.6 is 0 Å². The van der Waals surface area contributed by atoms with Crippen LogP contribution in [0.1, 0.15) is 35.2 Å². The molecule has 3 heterocycles. The maximum atomic E-state index is 12.7. The standard InChI is InChI=1S/C22H23F3N6O2/c23-22(24,25)16-12-27-21(28-13-16)31-8-4-17(5-9-31)29-19(32)6-10-30-7-3-14-1-2-15(20(26)33)11-18(14)30/h1-3,7,11-13,17H,4-6,8-10H2,(H2,26,33)(H,29,32). The fourth-order valence-corrected chi connectivity index (χ4v) is 3.91. The lowest BCUT2D eigenvalue weighted by Crippen LogP contribution is -2.45. The van der Waals surface area contributed by atoms with Crippen molar-refractivity contribution >= 4 is 28.7 Å². The van der Waals surface area contributed by atoms with E-state index in [2.05, 4.69) is 15.3 Å². The zero-order valence-electron chi connectivity index (χ0n) is 17.7. The highest BCUT2D eigenvalue weighted by Gasteiger charge is 2.32. The van der Waals surface area contributed by atoms with Crippen LogP contribution in [0.5, 0.6) is 0 Å². The monoisotopic (exact) mass is 460 g/mol. The number of carbonyl (C=O) groups excluding carboxylic acids is 2. The summed E-state index contributed by atoms with van der Waals surface area (Å²) in [6.07, 6.45) is 0.529. The maximum absolute atomic E-state index is 12.7. The van der Waals surface area contributed by atoms with Gasteiger partial charge in [-0.2, -0.15) is 13.2 Å². The molecule has 0 spiro atoms. The average molecular weight is 460 g/mol. The highest BCUT2D eigenvalue weighted by Crippen LogP contribution is 2.28. The van der Waals surface area contributed by atoms with Crippen LogP contribution in [0, 0.1) is 0 Å². The quantitative estimate of drug-likeness (QED) is 0.589. The molecule has 3 aromatic rings. The molecule has 1 aliphatic rings. The number of piperidine rings is 1. The molecule has 0 atom stereocenters. The molecule has 0 bridgehead atoms. The molecule has 1 fully saturated rings. The summed E-state index contributed by atoms with van der Waals surface area (Å²) in [6, 6.07) is 7.10. The van der Waals surface area contributed by atoms with Gasteiger partial charge in [-0.1, -0.05) is 6.07 Å². The number of aryl methyl sites for hydroxylation is 1. The molecule has 2 amide bonds. The Morgan fingerprint density at radius 1 is 1.12 bits per heavy atom. The molecule has 4 rings (SSSR count). The first-order valence-electron chi connectivity index (χ1n) is 10.5. The number of hydrogen-bond acceptors (Lipinski definition) is 5. The number of carbonyl (C=O) groups is 2.